The minimum absolute atomic E-state index is 0.0235. The fraction of sp³-hybridized carbons (Fsp3) is 0.150. The molecule has 1 aliphatic rings. The monoisotopic (exact) mass is 441 g/mol. The summed E-state index contributed by atoms with van der Waals surface area (Å²) in [4.78, 5) is 41.9. The number of allylic oxidation sites excluding steroid dienone is 1. The van der Waals surface area contributed by atoms with Crippen LogP contribution in [-0.4, -0.2) is 22.6 Å². The number of fused-ring (bicyclic) bond motifs is 1. The van der Waals surface area contributed by atoms with Crippen LogP contribution in [0.15, 0.2) is 62.8 Å². The van der Waals surface area contributed by atoms with E-state index in [4.69, 9.17) is 4.74 Å². The van der Waals surface area contributed by atoms with E-state index in [9.17, 15) is 19.7 Å². The smallest absolute Gasteiger partial charge is 0.338 e. The maximum absolute atomic E-state index is 13.3. The highest BCUT2D eigenvalue weighted by Crippen LogP contribution is 2.32. The summed E-state index contributed by atoms with van der Waals surface area (Å²) < 4.78 is 6.88. The minimum atomic E-state index is -0.618. The van der Waals surface area contributed by atoms with Gasteiger partial charge in [0, 0.05) is 17.0 Å². The molecule has 10 heteroatoms. The number of nitrogens with zero attached hydrogens (tertiary/aromatic N) is 3. The first kappa shape index (κ1) is 19.9. The third kappa shape index (κ3) is 3.40. The van der Waals surface area contributed by atoms with E-state index in [1.165, 1.54) is 46.5 Å². The van der Waals surface area contributed by atoms with Crippen LogP contribution in [0.4, 0.5) is 5.69 Å². The number of esters is 1. The van der Waals surface area contributed by atoms with Crippen molar-refractivity contribution in [2.24, 2.45) is 4.99 Å². The van der Waals surface area contributed by atoms with Crippen molar-refractivity contribution in [3.8, 4) is 0 Å². The summed E-state index contributed by atoms with van der Waals surface area (Å²) in [5.41, 5.74) is 1.18. The Bertz CT molecular complexity index is 1350. The van der Waals surface area contributed by atoms with E-state index in [2.05, 4.69) is 4.99 Å². The van der Waals surface area contributed by atoms with Crippen molar-refractivity contribution in [2.45, 2.75) is 13.0 Å². The molecule has 1 unspecified atom stereocenters. The zero-order valence-electron chi connectivity index (χ0n) is 15.9. The van der Waals surface area contributed by atoms with E-state index in [1.54, 1.807) is 25.1 Å². The topological polar surface area (TPSA) is 104 Å². The number of ether oxygens (including phenoxy) is 1. The van der Waals surface area contributed by atoms with Crippen LogP contribution in [-0.2, 0) is 9.53 Å². The van der Waals surface area contributed by atoms with Crippen molar-refractivity contribution < 1.29 is 14.5 Å². The van der Waals surface area contributed by atoms with Gasteiger partial charge in [0.15, 0.2) is 4.80 Å². The molecule has 0 N–H and O–H groups in total. The van der Waals surface area contributed by atoms with Crippen LogP contribution in [0.2, 0.25) is 0 Å². The second-order valence-electron chi connectivity index (χ2n) is 6.44. The largest absolute Gasteiger partial charge is 0.466 e. The van der Waals surface area contributed by atoms with E-state index in [0.717, 1.165) is 4.88 Å². The Balaban J connectivity index is 1.90. The number of hydrogen-bond acceptors (Lipinski definition) is 8. The van der Waals surface area contributed by atoms with Gasteiger partial charge in [0.25, 0.3) is 11.2 Å². The van der Waals surface area contributed by atoms with Crippen LogP contribution in [0.25, 0.3) is 6.08 Å². The van der Waals surface area contributed by atoms with Gasteiger partial charge in [-0.15, -0.1) is 11.3 Å². The number of non-ortho nitro benzene ring substituents is 1. The van der Waals surface area contributed by atoms with Gasteiger partial charge in [0.1, 0.15) is 6.04 Å². The van der Waals surface area contributed by atoms with Crippen molar-refractivity contribution in [3.05, 3.63) is 93.3 Å². The fourth-order valence-corrected chi connectivity index (χ4v) is 5.12. The number of hydrogen-bond donors (Lipinski definition) is 0. The average molecular weight is 441 g/mol. The Labute approximate surface area is 177 Å². The highest BCUT2D eigenvalue weighted by molar-refractivity contribution is 7.10. The number of nitro groups is 1. The van der Waals surface area contributed by atoms with Gasteiger partial charge in [0.2, 0.25) is 0 Å². The number of aromatic nitrogens is 1. The lowest BCUT2D eigenvalue weighted by Gasteiger charge is -2.22. The Morgan fingerprint density at radius 3 is 2.63 bits per heavy atom. The van der Waals surface area contributed by atoms with E-state index >= 15 is 0 Å². The second-order valence-corrected chi connectivity index (χ2v) is 8.43. The molecule has 0 amide bonds. The lowest BCUT2D eigenvalue weighted by molar-refractivity contribution is -0.384. The maximum atomic E-state index is 13.3. The summed E-state index contributed by atoms with van der Waals surface area (Å²) in [5.74, 6) is -0.528. The minimum Gasteiger partial charge on any atom is -0.466 e. The molecule has 0 saturated heterocycles. The first-order valence-corrected chi connectivity index (χ1v) is 10.5. The van der Waals surface area contributed by atoms with Crippen LogP contribution < -0.4 is 14.9 Å². The van der Waals surface area contributed by atoms with Gasteiger partial charge in [0.05, 0.1) is 27.8 Å². The predicted molar refractivity (Wildman–Crippen MR) is 113 cm³/mol. The van der Waals surface area contributed by atoms with Gasteiger partial charge in [-0.1, -0.05) is 17.4 Å². The van der Waals surface area contributed by atoms with Gasteiger partial charge in [-0.05, 0) is 42.1 Å². The summed E-state index contributed by atoms with van der Waals surface area (Å²) in [6.45, 7) is 1.72. The summed E-state index contributed by atoms with van der Waals surface area (Å²) in [6, 6.07) is 9.04. The number of thiazole rings is 1. The van der Waals surface area contributed by atoms with Crippen molar-refractivity contribution >= 4 is 40.4 Å². The van der Waals surface area contributed by atoms with E-state index in [-0.39, 0.29) is 11.2 Å². The molecule has 0 fully saturated rings. The van der Waals surface area contributed by atoms with Crippen LogP contribution in [0.5, 0.6) is 0 Å². The summed E-state index contributed by atoms with van der Waals surface area (Å²) in [7, 11) is 1.30. The van der Waals surface area contributed by atoms with Gasteiger partial charge in [-0.25, -0.2) is 9.79 Å². The molecule has 30 heavy (non-hydrogen) atoms. The predicted octanol–water partition coefficient (Wildman–Crippen LogP) is 2.38. The summed E-state index contributed by atoms with van der Waals surface area (Å²) >= 11 is 2.65. The molecule has 0 saturated carbocycles. The lowest BCUT2D eigenvalue weighted by Crippen LogP contribution is -2.39. The van der Waals surface area contributed by atoms with Crippen molar-refractivity contribution in [1.82, 2.24) is 4.57 Å². The quantitative estimate of drug-likeness (QED) is 0.351. The van der Waals surface area contributed by atoms with Crippen molar-refractivity contribution in [2.75, 3.05) is 7.11 Å². The average Bonchev–Trinajstić information content (AvgIpc) is 3.36. The standard InChI is InChI=1S/C20H15N3O5S2/c1-11-16(19(25)28-2)17(14-4-3-9-29-14)22-18(24)15(30-20(22)21-11)10-12-5-7-13(8-6-12)23(26)27/h3-10,17H,1-2H3. The fourth-order valence-electron chi connectivity index (χ4n) is 3.25. The molecule has 3 aromatic rings. The Morgan fingerprint density at radius 2 is 2.03 bits per heavy atom. The van der Waals surface area contributed by atoms with Crippen molar-refractivity contribution in [1.29, 1.82) is 0 Å². The number of benzene rings is 1. The number of rotatable bonds is 4. The molecular formula is C20H15N3O5S2. The molecule has 0 aliphatic carbocycles. The molecule has 1 aromatic carbocycles. The molecule has 1 atom stereocenters. The highest BCUT2D eigenvalue weighted by atomic mass is 32.1. The number of methoxy groups -OCH3 is 1. The molecule has 0 bridgehead atoms. The molecule has 8 nitrogen and oxygen atoms in total. The number of carbonyl (C=O) groups is 1. The Kier molecular flexibility index (Phi) is 5.18. The van der Waals surface area contributed by atoms with Crippen LogP contribution in [0, 0.1) is 10.1 Å². The Morgan fingerprint density at radius 1 is 1.30 bits per heavy atom. The van der Waals surface area contributed by atoms with Gasteiger partial charge < -0.3 is 4.74 Å². The van der Waals surface area contributed by atoms with Gasteiger partial charge >= 0.3 is 5.97 Å². The van der Waals surface area contributed by atoms with E-state index in [1.807, 2.05) is 17.5 Å². The summed E-state index contributed by atoms with van der Waals surface area (Å²) in [6.07, 6.45) is 1.66. The first-order valence-electron chi connectivity index (χ1n) is 8.79. The number of carbonyl (C=O) groups excluding carboxylic acids is 1. The third-order valence-corrected chi connectivity index (χ3v) is 6.55. The van der Waals surface area contributed by atoms with E-state index < -0.39 is 16.9 Å². The molecule has 2 aromatic heterocycles. The zero-order valence-corrected chi connectivity index (χ0v) is 17.5. The van der Waals surface area contributed by atoms with Crippen LogP contribution >= 0.6 is 22.7 Å². The summed E-state index contributed by atoms with van der Waals surface area (Å²) in [5, 5.41) is 12.7. The first-order chi connectivity index (χ1) is 14.4. The molecule has 152 valence electrons. The van der Waals surface area contributed by atoms with Crippen LogP contribution in [0.1, 0.15) is 23.4 Å². The maximum Gasteiger partial charge on any atom is 0.338 e. The normalized spacial score (nSPS) is 16.2. The Hall–Kier alpha value is -3.37. The zero-order chi connectivity index (χ0) is 21.4. The van der Waals surface area contributed by atoms with Crippen LogP contribution in [0.3, 0.4) is 0 Å². The molecule has 0 radical (unpaired) electrons. The number of thiophene rings is 1. The highest BCUT2D eigenvalue weighted by Gasteiger charge is 2.33. The van der Waals surface area contributed by atoms with Gasteiger partial charge in [-0.2, -0.15) is 0 Å². The van der Waals surface area contributed by atoms with E-state index in [0.29, 0.717) is 26.2 Å². The van der Waals surface area contributed by atoms with Crippen molar-refractivity contribution in [3.63, 3.8) is 0 Å². The molecular weight excluding hydrogens is 426 g/mol. The number of nitro benzene ring substituents is 1. The second kappa shape index (κ2) is 7.81. The molecule has 0 spiro atoms. The SMILES string of the molecule is COC(=O)C1=C(C)N=c2sc(=Cc3ccc([N+](=O)[O-])cc3)c(=O)n2C1c1cccs1. The molecule has 3 heterocycles. The van der Waals surface area contributed by atoms with Gasteiger partial charge in [-0.3, -0.25) is 19.5 Å². The molecule has 4 rings (SSSR count). The molecule has 1 aliphatic heterocycles. The third-order valence-electron chi connectivity index (χ3n) is 4.64. The lowest BCUT2D eigenvalue weighted by atomic mass is 10.0.